The van der Waals surface area contributed by atoms with Gasteiger partial charge < -0.3 is 19.8 Å². The number of halogens is 1. The maximum absolute atomic E-state index is 12.2. The third-order valence-electron chi connectivity index (χ3n) is 5.38. The van der Waals surface area contributed by atoms with Gasteiger partial charge in [-0.25, -0.2) is 4.99 Å². The van der Waals surface area contributed by atoms with Gasteiger partial charge in [-0.05, 0) is 31.8 Å². The van der Waals surface area contributed by atoms with Crippen molar-refractivity contribution in [1.82, 2.24) is 10.6 Å². The highest BCUT2D eigenvalue weighted by molar-refractivity contribution is 7.54. The van der Waals surface area contributed by atoms with Crippen LogP contribution in [-0.2, 0) is 9.30 Å². The molecule has 7 nitrogen and oxygen atoms in total. The van der Waals surface area contributed by atoms with E-state index in [0.717, 1.165) is 25.7 Å². The lowest BCUT2D eigenvalue weighted by Crippen LogP contribution is -2.64. The summed E-state index contributed by atoms with van der Waals surface area (Å²) < 4.78 is 17.7. The quantitative estimate of drug-likeness (QED) is 0.301. The third kappa shape index (κ3) is 4.29. The Labute approximate surface area is 154 Å². The van der Waals surface area contributed by atoms with E-state index in [1.54, 1.807) is 27.0 Å². The second-order valence-electron chi connectivity index (χ2n) is 6.72. The predicted octanol–water partition coefficient (Wildman–Crippen LogP) is 2.68. The Morgan fingerprint density at radius 3 is 2.64 bits per heavy atom. The molecule has 0 bridgehead atoms. The van der Waals surface area contributed by atoms with Crippen molar-refractivity contribution in [2.24, 2.45) is 4.99 Å². The number of amidine groups is 1. The molecule has 1 aliphatic heterocycles. The van der Waals surface area contributed by atoms with Gasteiger partial charge in [0.05, 0.1) is 6.10 Å². The number of rotatable bonds is 7. The van der Waals surface area contributed by atoms with E-state index < -0.39 is 17.9 Å². The van der Waals surface area contributed by atoms with E-state index in [9.17, 15) is 14.4 Å². The molecule has 0 aromatic rings. The molecule has 25 heavy (non-hydrogen) atoms. The molecule has 1 aliphatic carbocycles. The summed E-state index contributed by atoms with van der Waals surface area (Å²) in [7, 11) is -2.74. The number of ether oxygens (including phenoxy) is 1. The van der Waals surface area contributed by atoms with E-state index in [1.165, 1.54) is 6.20 Å². The zero-order chi connectivity index (χ0) is 18.7. The topological polar surface area (TPSA) is 103 Å². The number of methoxy groups -OCH3 is 1. The lowest BCUT2D eigenvalue weighted by molar-refractivity contribution is 0.0368. The van der Waals surface area contributed by atoms with E-state index in [-0.39, 0.29) is 30.8 Å². The van der Waals surface area contributed by atoms with Gasteiger partial charge >= 0.3 is 7.60 Å². The van der Waals surface area contributed by atoms with Gasteiger partial charge in [-0.3, -0.25) is 9.88 Å². The summed E-state index contributed by atoms with van der Waals surface area (Å²) >= 11 is 6.70. The Bertz CT molecular complexity index is 576. The Kier molecular flexibility index (Phi) is 6.74. The summed E-state index contributed by atoms with van der Waals surface area (Å²) in [6.45, 7) is 3.49. The zero-order valence-electron chi connectivity index (χ0n) is 15.0. The molecular weight excluding hydrogens is 365 g/mol. The normalized spacial score (nSPS) is 30.7. The summed E-state index contributed by atoms with van der Waals surface area (Å²) in [5.74, 6) is 0.223. The number of hydrogen-bond acceptors (Lipinski definition) is 5. The molecule has 0 radical (unpaired) electrons. The fourth-order valence-corrected chi connectivity index (χ4v) is 5.23. The highest BCUT2D eigenvalue weighted by Gasteiger charge is 2.51. The number of nitrogens with one attached hydrogen (secondary N) is 2. The minimum atomic E-state index is -4.43. The minimum Gasteiger partial charge on any atom is -0.380 e. The van der Waals surface area contributed by atoms with E-state index in [4.69, 9.17) is 16.3 Å². The van der Waals surface area contributed by atoms with Gasteiger partial charge in [0.2, 0.25) is 0 Å². The van der Waals surface area contributed by atoms with Gasteiger partial charge in [-0.2, -0.15) is 0 Å². The van der Waals surface area contributed by atoms with Crippen LogP contribution in [0.25, 0.3) is 0 Å². The molecule has 0 aromatic heterocycles. The average molecular weight is 394 g/mol. The lowest BCUT2D eigenvalue weighted by atomic mass is 9.92. The van der Waals surface area contributed by atoms with Crippen molar-refractivity contribution in [3.05, 3.63) is 12.3 Å². The number of nitrogens with zero attached hydrogens (tertiary/aromatic N) is 1. The van der Waals surface area contributed by atoms with Crippen LogP contribution < -0.4 is 10.6 Å². The third-order valence-corrected chi connectivity index (χ3v) is 7.67. The van der Waals surface area contributed by atoms with Gasteiger partial charge in [0.15, 0.2) is 5.12 Å². The highest BCUT2D eigenvalue weighted by atomic mass is 35.5. The van der Waals surface area contributed by atoms with E-state index in [0.29, 0.717) is 0 Å². The SMILES string of the molecule is CCC(CC)(C1=NC=CC(Cl)(N[C@@H]2CCCC[C@H]2OC)N1)P(=O)(O)O. The van der Waals surface area contributed by atoms with Crippen molar-refractivity contribution < 1.29 is 19.1 Å². The molecule has 1 fully saturated rings. The van der Waals surface area contributed by atoms with Crippen molar-refractivity contribution in [3.8, 4) is 0 Å². The molecule has 1 saturated carbocycles. The fourth-order valence-electron chi connectivity index (χ4n) is 3.73. The average Bonchev–Trinajstić information content (AvgIpc) is 2.55. The van der Waals surface area contributed by atoms with Crippen LogP contribution in [0.4, 0.5) is 0 Å². The first-order valence-corrected chi connectivity index (χ1v) is 10.8. The summed E-state index contributed by atoms with van der Waals surface area (Å²) in [5, 5.41) is 3.87. The maximum atomic E-state index is 12.2. The summed E-state index contributed by atoms with van der Waals surface area (Å²) in [4.78, 5) is 24.1. The molecule has 1 heterocycles. The van der Waals surface area contributed by atoms with Crippen LogP contribution in [0.5, 0.6) is 0 Å². The molecule has 2 rings (SSSR count). The van der Waals surface area contributed by atoms with Crippen molar-refractivity contribution in [3.63, 3.8) is 0 Å². The van der Waals surface area contributed by atoms with Crippen molar-refractivity contribution in [2.45, 2.75) is 74.8 Å². The van der Waals surface area contributed by atoms with E-state index in [2.05, 4.69) is 15.6 Å². The van der Waals surface area contributed by atoms with E-state index in [1.807, 2.05) is 0 Å². The summed E-state index contributed by atoms with van der Waals surface area (Å²) in [6, 6.07) is 0.0560. The first-order valence-electron chi connectivity index (χ1n) is 8.80. The highest BCUT2D eigenvalue weighted by Crippen LogP contribution is 2.55. The molecular formula is C16H29ClN3O4P. The molecule has 0 aromatic carbocycles. The smallest absolute Gasteiger partial charge is 0.339 e. The van der Waals surface area contributed by atoms with Gasteiger partial charge in [0, 0.05) is 19.4 Å². The summed E-state index contributed by atoms with van der Waals surface area (Å²) in [6.07, 6.45) is 7.84. The lowest BCUT2D eigenvalue weighted by Gasteiger charge is -2.42. The van der Waals surface area contributed by atoms with Gasteiger partial charge in [0.1, 0.15) is 11.0 Å². The maximum Gasteiger partial charge on any atom is 0.339 e. The van der Waals surface area contributed by atoms with Crippen molar-refractivity contribution in [2.75, 3.05) is 7.11 Å². The monoisotopic (exact) mass is 393 g/mol. The van der Waals surface area contributed by atoms with Crippen LogP contribution >= 0.6 is 19.2 Å². The Morgan fingerprint density at radius 2 is 2.08 bits per heavy atom. The Balaban J connectivity index is 2.22. The van der Waals surface area contributed by atoms with Crippen molar-refractivity contribution in [1.29, 1.82) is 0 Å². The van der Waals surface area contributed by atoms with Crippen LogP contribution in [0, 0.1) is 0 Å². The second kappa shape index (κ2) is 8.07. The Morgan fingerprint density at radius 1 is 1.44 bits per heavy atom. The largest absolute Gasteiger partial charge is 0.380 e. The molecule has 0 spiro atoms. The zero-order valence-corrected chi connectivity index (χ0v) is 16.7. The molecule has 0 amide bonds. The van der Waals surface area contributed by atoms with Gasteiger partial charge in [-0.15, -0.1) is 0 Å². The van der Waals surface area contributed by atoms with E-state index >= 15 is 0 Å². The first-order chi connectivity index (χ1) is 11.7. The second-order valence-corrected chi connectivity index (χ2v) is 9.26. The fraction of sp³-hybridized carbons (Fsp3) is 0.812. The van der Waals surface area contributed by atoms with Crippen LogP contribution in [0.15, 0.2) is 17.3 Å². The van der Waals surface area contributed by atoms with Crippen LogP contribution in [-0.4, -0.2) is 45.2 Å². The van der Waals surface area contributed by atoms with Gasteiger partial charge in [-0.1, -0.05) is 38.3 Å². The molecule has 2 aliphatic rings. The first kappa shape index (κ1) is 20.9. The molecule has 144 valence electrons. The van der Waals surface area contributed by atoms with Crippen LogP contribution in [0.1, 0.15) is 52.4 Å². The Hall–Kier alpha value is -0.430. The van der Waals surface area contributed by atoms with Crippen LogP contribution in [0.2, 0.25) is 0 Å². The molecule has 4 N–H and O–H groups in total. The van der Waals surface area contributed by atoms with Gasteiger partial charge in [0.25, 0.3) is 0 Å². The standard InChI is InChI=1S/C16H29ClN3O4P/c1-4-15(5-2,25(21,22)23)14-18-11-10-16(17,20-14)19-12-8-6-7-9-13(12)24-3/h10-13,19H,4-9H2,1-3H3,(H,18,20)(H2,21,22,23)/t12-,13-,16?/m1/s1. The minimum absolute atomic E-state index is 0.0560. The number of hydrogen-bond donors (Lipinski definition) is 4. The molecule has 3 atom stereocenters. The predicted molar refractivity (Wildman–Crippen MR) is 99.8 cm³/mol. The van der Waals surface area contributed by atoms with Crippen LogP contribution in [0.3, 0.4) is 0 Å². The molecule has 9 heteroatoms. The summed E-state index contributed by atoms with van der Waals surface area (Å²) in [5.41, 5.74) is 0. The molecule has 0 saturated heterocycles. The molecule has 1 unspecified atom stereocenters. The van der Waals surface area contributed by atoms with Crippen molar-refractivity contribution >= 4 is 25.0 Å². The number of aliphatic imine (C=N–C) groups is 1. The number of alkyl halides is 1.